The molecule has 3 aromatic rings. The number of nitrogens with one attached hydrogen (secondary N) is 3. The van der Waals surface area contributed by atoms with Crippen molar-refractivity contribution in [3.63, 3.8) is 0 Å². The molecule has 0 aliphatic heterocycles. The van der Waals surface area contributed by atoms with Crippen molar-refractivity contribution < 1.29 is 27.1 Å². The Morgan fingerprint density at radius 1 is 0.875 bits per heavy atom. The number of rotatable bonds is 8. The molecule has 3 aromatic carbocycles. The van der Waals surface area contributed by atoms with E-state index in [0.717, 1.165) is 11.6 Å². The summed E-state index contributed by atoms with van der Waals surface area (Å²) in [7, 11) is -3.93. The lowest BCUT2D eigenvalue weighted by atomic mass is 10.2. The summed E-state index contributed by atoms with van der Waals surface area (Å²) in [4.78, 5) is 23.6. The van der Waals surface area contributed by atoms with Crippen LogP contribution in [0.4, 0.5) is 20.6 Å². The third kappa shape index (κ3) is 6.81. The van der Waals surface area contributed by atoms with E-state index in [-0.39, 0.29) is 23.7 Å². The molecule has 0 heterocycles. The molecule has 0 spiro atoms. The third-order valence-corrected chi connectivity index (χ3v) is 5.53. The molecule has 0 radical (unpaired) electrons. The van der Waals surface area contributed by atoms with Crippen LogP contribution in [0.25, 0.3) is 0 Å². The second-order valence-corrected chi connectivity index (χ2v) is 8.29. The largest absolute Gasteiger partial charge is 0.445 e. The minimum Gasteiger partial charge on any atom is -0.445 e. The van der Waals surface area contributed by atoms with Crippen LogP contribution >= 0.6 is 0 Å². The first-order valence-corrected chi connectivity index (χ1v) is 10.9. The van der Waals surface area contributed by atoms with Gasteiger partial charge in [-0.05, 0) is 48.0 Å². The summed E-state index contributed by atoms with van der Waals surface area (Å²) in [5.74, 6) is -1.09. The van der Waals surface area contributed by atoms with Gasteiger partial charge in [-0.2, -0.15) is 0 Å². The molecular formula is C22H20FN3O5S. The fourth-order valence-electron chi connectivity index (χ4n) is 2.62. The van der Waals surface area contributed by atoms with E-state index in [2.05, 4.69) is 15.4 Å². The number of hydrogen-bond acceptors (Lipinski definition) is 5. The van der Waals surface area contributed by atoms with Gasteiger partial charge in [0, 0.05) is 5.69 Å². The zero-order chi connectivity index (χ0) is 23.0. The van der Waals surface area contributed by atoms with Gasteiger partial charge >= 0.3 is 6.09 Å². The Morgan fingerprint density at radius 2 is 1.59 bits per heavy atom. The van der Waals surface area contributed by atoms with Gasteiger partial charge in [-0.1, -0.05) is 36.4 Å². The summed E-state index contributed by atoms with van der Waals surface area (Å²) < 4.78 is 45.3. The molecule has 10 heteroatoms. The van der Waals surface area contributed by atoms with Crippen LogP contribution in [0, 0.1) is 5.82 Å². The van der Waals surface area contributed by atoms with Crippen LogP contribution in [-0.2, 0) is 26.2 Å². The Hall–Kier alpha value is -3.92. The minimum absolute atomic E-state index is 0.0672. The molecule has 0 aliphatic rings. The van der Waals surface area contributed by atoms with Crippen LogP contribution in [0.2, 0.25) is 0 Å². The van der Waals surface area contributed by atoms with Gasteiger partial charge in [0.2, 0.25) is 5.91 Å². The van der Waals surface area contributed by atoms with Crippen molar-refractivity contribution in [3.8, 4) is 0 Å². The molecule has 0 bridgehead atoms. The smallest absolute Gasteiger partial charge is 0.407 e. The molecule has 3 N–H and O–H groups in total. The van der Waals surface area contributed by atoms with Crippen molar-refractivity contribution in [1.82, 2.24) is 5.32 Å². The lowest BCUT2D eigenvalue weighted by Crippen LogP contribution is -2.33. The zero-order valence-electron chi connectivity index (χ0n) is 16.7. The predicted molar refractivity (Wildman–Crippen MR) is 117 cm³/mol. The van der Waals surface area contributed by atoms with E-state index in [9.17, 15) is 22.4 Å². The SMILES string of the molecule is O=C(CNC(=O)OCc1ccccc1)Nc1ccc(S(=O)(=O)Nc2cccc(F)c2)cc1. The van der Waals surface area contributed by atoms with Crippen molar-refractivity contribution in [2.45, 2.75) is 11.5 Å². The molecule has 0 saturated carbocycles. The molecular weight excluding hydrogens is 437 g/mol. The fraction of sp³-hybridized carbons (Fsp3) is 0.0909. The Bertz CT molecular complexity index is 1190. The number of ether oxygens (including phenoxy) is 1. The third-order valence-electron chi connectivity index (χ3n) is 4.13. The highest BCUT2D eigenvalue weighted by Crippen LogP contribution is 2.18. The summed E-state index contributed by atoms with van der Waals surface area (Å²) in [6, 6.07) is 19.5. The Labute approximate surface area is 184 Å². The van der Waals surface area contributed by atoms with Crippen LogP contribution in [0.5, 0.6) is 0 Å². The Balaban J connectivity index is 1.48. The van der Waals surface area contributed by atoms with Gasteiger partial charge in [0.05, 0.1) is 10.6 Å². The molecule has 3 rings (SSSR count). The Morgan fingerprint density at radius 3 is 2.28 bits per heavy atom. The van der Waals surface area contributed by atoms with E-state index in [1.807, 2.05) is 18.2 Å². The average Bonchev–Trinajstić information content (AvgIpc) is 2.77. The first-order chi connectivity index (χ1) is 15.3. The van der Waals surface area contributed by atoms with Gasteiger partial charge in [0.1, 0.15) is 19.0 Å². The highest BCUT2D eigenvalue weighted by Gasteiger charge is 2.15. The van der Waals surface area contributed by atoms with Crippen molar-refractivity contribution in [2.24, 2.45) is 0 Å². The van der Waals surface area contributed by atoms with Crippen LogP contribution < -0.4 is 15.4 Å². The molecule has 0 saturated heterocycles. The number of benzene rings is 3. The van der Waals surface area contributed by atoms with Gasteiger partial charge < -0.3 is 15.4 Å². The summed E-state index contributed by atoms with van der Waals surface area (Å²) in [6.45, 7) is -0.247. The summed E-state index contributed by atoms with van der Waals surface area (Å²) >= 11 is 0. The molecule has 0 fully saturated rings. The molecule has 2 amide bonds. The lowest BCUT2D eigenvalue weighted by molar-refractivity contribution is -0.115. The first kappa shape index (κ1) is 22.8. The standard InChI is InChI=1S/C22H20FN3O5S/c23-17-7-4-8-19(13-17)26-32(29,30)20-11-9-18(10-12-20)25-21(27)14-24-22(28)31-15-16-5-2-1-3-6-16/h1-13,26H,14-15H2,(H,24,28)(H,25,27). The number of sulfonamides is 1. The van der Waals surface area contributed by atoms with E-state index in [1.54, 1.807) is 12.1 Å². The average molecular weight is 457 g/mol. The number of carbonyl (C=O) groups is 2. The number of hydrogen-bond donors (Lipinski definition) is 3. The fourth-order valence-corrected chi connectivity index (χ4v) is 3.66. The van der Waals surface area contributed by atoms with E-state index < -0.39 is 27.8 Å². The van der Waals surface area contributed by atoms with Gasteiger partial charge in [-0.15, -0.1) is 0 Å². The minimum atomic E-state index is -3.93. The monoisotopic (exact) mass is 457 g/mol. The zero-order valence-corrected chi connectivity index (χ0v) is 17.6. The van der Waals surface area contributed by atoms with E-state index in [4.69, 9.17) is 4.74 Å². The maximum Gasteiger partial charge on any atom is 0.407 e. The molecule has 0 atom stereocenters. The number of amides is 2. The second-order valence-electron chi connectivity index (χ2n) is 6.60. The topological polar surface area (TPSA) is 114 Å². The maximum atomic E-state index is 13.2. The van der Waals surface area contributed by atoms with Crippen LogP contribution in [0.1, 0.15) is 5.56 Å². The first-order valence-electron chi connectivity index (χ1n) is 9.45. The van der Waals surface area contributed by atoms with Gasteiger partial charge in [-0.3, -0.25) is 9.52 Å². The predicted octanol–water partition coefficient (Wildman–Crippen LogP) is 3.49. The van der Waals surface area contributed by atoms with Crippen molar-refractivity contribution in [2.75, 3.05) is 16.6 Å². The molecule has 0 aliphatic carbocycles. The lowest BCUT2D eigenvalue weighted by Gasteiger charge is -2.10. The van der Waals surface area contributed by atoms with Crippen LogP contribution in [0.3, 0.4) is 0 Å². The van der Waals surface area contributed by atoms with Crippen molar-refractivity contribution >= 4 is 33.4 Å². The molecule has 0 aromatic heterocycles. The van der Waals surface area contributed by atoms with E-state index in [0.29, 0.717) is 5.69 Å². The normalized spacial score (nSPS) is 10.8. The number of halogens is 1. The number of alkyl carbamates (subject to hydrolysis) is 1. The van der Waals surface area contributed by atoms with Crippen molar-refractivity contribution in [3.05, 3.63) is 90.2 Å². The number of carbonyl (C=O) groups excluding carboxylic acids is 2. The van der Waals surface area contributed by atoms with E-state index in [1.165, 1.54) is 42.5 Å². The molecule has 0 unspecified atom stereocenters. The summed E-state index contributed by atoms with van der Waals surface area (Å²) in [5.41, 5.74) is 1.24. The highest BCUT2D eigenvalue weighted by molar-refractivity contribution is 7.92. The quantitative estimate of drug-likeness (QED) is 0.479. The van der Waals surface area contributed by atoms with Crippen LogP contribution in [-0.4, -0.2) is 27.0 Å². The maximum absolute atomic E-state index is 13.2. The second kappa shape index (κ2) is 10.4. The van der Waals surface area contributed by atoms with Crippen LogP contribution in [0.15, 0.2) is 83.8 Å². The summed E-state index contributed by atoms with van der Waals surface area (Å²) in [6.07, 6.45) is -0.742. The van der Waals surface area contributed by atoms with Gasteiger partial charge in [0.25, 0.3) is 10.0 Å². The molecule has 166 valence electrons. The van der Waals surface area contributed by atoms with Crippen molar-refractivity contribution in [1.29, 1.82) is 0 Å². The Kier molecular flexibility index (Phi) is 7.40. The number of anilines is 2. The molecule has 8 nitrogen and oxygen atoms in total. The highest BCUT2D eigenvalue weighted by atomic mass is 32.2. The molecule has 32 heavy (non-hydrogen) atoms. The van der Waals surface area contributed by atoms with Gasteiger partial charge in [0.15, 0.2) is 0 Å². The summed E-state index contributed by atoms with van der Waals surface area (Å²) in [5, 5.41) is 4.86. The van der Waals surface area contributed by atoms with E-state index >= 15 is 0 Å². The van der Waals surface area contributed by atoms with Gasteiger partial charge in [-0.25, -0.2) is 17.6 Å².